The van der Waals surface area contributed by atoms with E-state index >= 15 is 0 Å². The lowest BCUT2D eigenvalue weighted by Crippen LogP contribution is -2.48. The molecule has 2 heterocycles. The molecule has 1 unspecified atom stereocenters. The van der Waals surface area contributed by atoms with Crippen LogP contribution < -0.4 is 0 Å². The zero-order valence-electron chi connectivity index (χ0n) is 14.8. The van der Waals surface area contributed by atoms with Crippen LogP contribution in [0.15, 0.2) is 50.2 Å². The van der Waals surface area contributed by atoms with E-state index in [0.29, 0.717) is 11.5 Å². The fourth-order valence-corrected chi connectivity index (χ4v) is 4.30. The van der Waals surface area contributed by atoms with Gasteiger partial charge in [0.2, 0.25) is 0 Å². The van der Waals surface area contributed by atoms with E-state index < -0.39 is 10.8 Å². The van der Waals surface area contributed by atoms with Gasteiger partial charge in [0.15, 0.2) is 5.76 Å². The molecule has 1 saturated heterocycles. The van der Waals surface area contributed by atoms with E-state index in [1.165, 1.54) is 0 Å². The zero-order valence-corrected chi connectivity index (χ0v) is 17.2. The molecule has 3 rings (SSSR count). The molecule has 0 radical (unpaired) electrons. The van der Waals surface area contributed by atoms with Crippen molar-refractivity contribution in [1.29, 1.82) is 0 Å². The number of rotatable bonds is 6. The number of nitrogens with zero attached hydrogens (tertiary/aromatic N) is 2. The first-order chi connectivity index (χ1) is 12.6. The molecule has 0 saturated carbocycles. The molecule has 1 aromatic carbocycles. The summed E-state index contributed by atoms with van der Waals surface area (Å²) in [7, 11) is -1.20. The monoisotopic (exact) mass is 438 g/mol. The van der Waals surface area contributed by atoms with Crippen LogP contribution in [-0.4, -0.2) is 52.6 Å². The van der Waals surface area contributed by atoms with Gasteiger partial charge < -0.3 is 9.32 Å². The molecule has 1 aliphatic rings. The van der Waals surface area contributed by atoms with Crippen molar-refractivity contribution in [3.8, 4) is 0 Å². The number of hydrogen-bond donors (Lipinski definition) is 0. The maximum atomic E-state index is 12.6. The predicted molar refractivity (Wildman–Crippen MR) is 106 cm³/mol. The molecule has 140 valence electrons. The molecule has 7 heteroatoms. The minimum atomic E-state index is -1.20. The summed E-state index contributed by atoms with van der Waals surface area (Å²) in [6, 6.07) is 10.8. The number of furan rings is 1. The van der Waals surface area contributed by atoms with Crippen molar-refractivity contribution in [3.63, 3.8) is 0 Å². The number of halogens is 1. The molecule has 5 nitrogen and oxygen atoms in total. The fraction of sp³-hybridized carbons (Fsp3) is 0.421. The van der Waals surface area contributed by atoms with Crippen LogP contribution in [0.1, 0.15) is 29.7 Å². The molecule has 0 bridgehead atoms. The van der Waals surface area contributed by atoms with Gasteiger partial charge in [-0.3, -0.25) is 13.9 Å². The second-order valence-corrected chi connectivity index (χ2v) is 8.71. The highest BCUT2D eigenvalue weighted by Gasteiger charge is 2.24. The largest absolute Gasteiger partial charge is 0.455 e. The zero-order chi connectivity index (χ0) is 18.5. The summed E-state index contributed by atoms with van der Waals surface area (Å²) in [6.07, 6.45) is 1.13. The van der Waals surface area contributed by atoms with Crippen molar-refractivity contribution in [2.75, 3.05) is 32.7 Å². The SMILES string of the molecule is CCCN1CCN(C(=O)c2ccc(CS(=O)c3ccc(Br)cc3)o2)CC1. The highest BCUT2D eigenvalue weighted by atomic mass is 79.9. The summed E-state index contributed by atoms with van der Waals surface area (Å²) in [6.45, 7) is 6.50. The number of amides is 1. The Balaban J connectivity index is 1.58. The van der Waals surface area contributed by atoms with Crippen molar-refractivity contribution >= 4 is 32.6 Å². The van der Waals surface area contributed by atoms with E-state index in [4.69, 9.17) is 4.42 Å². The molecule has 1 aromatic heterocycles. The smallest absolute Gasteiger partial charge is 0.289 e. The van der Waals surface area contributed by atoms with Crippen molar-refractivity contribution in [2.24, 2.45) is 0 Å². The molecule has 1 atom stereocenters. The second kappa shape index (κ2) is 8.97. The number of benzene rings is 1. The Morgan fingerprint density at radius 3 is 2.46 bits per heavy atom. The van der Waals surface area contributed by atoms with Crippen LogP contribution in [0.5, 0.6) is 0 Å². The molecular formula is C19H23BrN2O3S. The van der Waals surface area contributed by atoms with Crippen LogP contribution in [0.3, 0.4) is 0 Å². The minimum Gasteiger partial charge on any atom is -0.455 e. The number of piperazine rings is 1. The van der Waals surface area contributed by atoms with E-state index in [0.717, 1.165) is 48.5 Å². The summed E-state index contributed by atoms with van der Waals surface area (Å²) >= 11 is 3.37. The van der Waals surface area contributed by atoms with Gasteiger partial charge in [-0.15, -0.1) is 0 Å². The molecular weight excluding hydrogens is 416 g/mol. The van der Waals surface area contributed by atoms with Crippen molar-refractivity contribution in [1.82, 2.24) is 9.80 Å². The Hall–Kier alpha value is -1.44. The van der Waals surface area contributed by atoms with E-state index in [-0.39, 0.29) is 11.7 Å². The second-order valence-electron chi connectivity index (χ2n) is 6.34. The molecule has 0 spiro atoms. The van der Waals surface area contributed by atoms with Gasteiger partial charge in [0, 0.05) is 35.5 Å². The molecule has 1 amide bonds. The number of carbonyl (C=O) groups excluding carboxylic acids is 1. The van der Waals surface area contributed by atoms with Gasteiger partial charge in [0.25, 0.3) is 5.91 Å². The number of carbonyl (C=O) groups is 1. The normalized spacial score (nSPS) is 16.6. The van der Waals surface area contributed by atoms with Crippen LogP contribution in [0, 0.1) is 0 Å². The van der Waals surface area contributed by atoms with Crippen LogP contribution in [0.4, 0.5) is 0 Å². The highest BCUT2D eigenvalue weighted by Crippen LogP contribution is 2.19. The molecule has 0 aliphatic carbocycles. The van der Waals surface area contributed by atoms with E-state index in [2.05, 4.69) is 27.8 Å². The van der Waals surface area contributed by atoms with Crippen molar-refractivity contribution in [2.45, 2.75) is 24.0 Å². The third-order valence-corrected chi connectivity index (χ3v) is 6.29. The Bertz CT molecular complexity index is 767. The standard InChI is InChI=1S/C19H23BrN2O3S/c1-2-9-21-10-12-22(13-11-21)19(23)18-8-5-16(25-18)14-26(24)17-6-3-15(20)4-7-17/h3-8H,2,9-14H2,1H3. The first kappa shape index (κ1) is 19.3. The Morgan fingerprint density at radius 1 is 1.12 bits per heavy atom. The Kier molecular flexibility index (Phi) is 6.67. The van der Waals surface area contributed by atoms with Crippen LogP contribution in [-0.2, 0) is 16.6 Å². The summed E-state index contributed by atoms with van der Waals surface area (Å²) in [5.74, 6) is 1.08. The summed E-state index contributed by atoms with van der Waals surface area (Å²) < 4.78 is 19.1. The number of hydrogen-bond acceptors (Lipinski definition) is 4. The van der Waals surface area contributed by atoms with Crippen LogP contribution in [0.2, 0.25) is 0 Å². The van der Waals surface area contributed by atoms with Gasteiger partial charge in [-0.2, -0.15) is 0 Å². The quantitative estimate of drug-likeness (QED) is 0.691. The van der Waals surface area contributed by atoms with Gasteiger partial charge >= 0.3 is 0 Å². The third kappa shape index (κ3) is 4.84. The first-order valence-corrected chi connectivity index (χ1v) is 10.9. The van der Waals surface area contributed by atoms with Gasteiger partial charge in [-0.1, -0.05) is 22.9 Å². The first-order valence-electron chi connectivity index (χ1n) is 8.81. The van der Waals surface area contributed by atoms with E-state index in [9.17, 15) is 9.00 Å². The third-order valence-electron chi connectivity index (χ3n) is 4.42. The average Bonchev–Trinajstić information content (AvgIpc) is 3.11. The molecule has 1 aliphatic heterocycles. The van der Waals surface area contributed by atoms with Crippen LogP contribution >= 0.6 is 15.9 Å². The lowest BCUT2D eigenvalue weighted by Gasteiger charge is -2.34. The Morgan fingerprint density at radius 2 is 1.81 bits per heavy atom. The highest BCUT2D eigenvalue weighted by molar-refractivity contribution is 9.10. The molecule has 1 fully saturated rings. The lowest BCUT2D eigenvalue weighted by molar-refractivity contribution is 0.0605. The summed E-state index contributed by atoms with van der Waals surface area (Å²) in [5.41, 5.74) is 0. The van der Waals surface area contributed by atoms with Crippen molar-refractivity contribution < 1.29 is 13.4 Å². The van der Waals surface area contributed by atoms with E-state index in [1.807, 2.05) is 29.2 Å². The summed E-state index contributed by atoms with van der Waals surface area (Å²) in [4.78, 5) is 17.6. The summed E-state index contributed by atoms with van der Waals surface area (Å²) in [5, 5.41) is 0. The van der Waals surface area contributed by atoms with E-state index in [1.54, 1.807) is 12.1 Å². The Labute approximate surface area is 164 Å². The van der Waals surface area contributed by atoms with Gasteiger partial charge in [-0.05, 0) is 49.4 Å². The topological polar surface area (TPSA) is 53.8 Å². The average molecular weight is 439 g/mol. The van der Waals surface area contributed by atoms with Gasteiger partial charge in [0.1, 0.15) is 5.76 Å². The van der Waals surface area contributed by atoms with Crippen LogP contribution in [0.25, 0.3) is 0 Å². The maximum Gasteiger partial charge on any atom is 0.289 e. The van der Waals surface area contributed by atoms with Crippen molar-refractivity contribution in [3.05, 3.63) is 52.4 Å². The fourth-order valence-electron chi connectivity index (χ4n) is 3.02. The predicted octanol–water partition coefficient (Wildman–Crippen LogP) is 3.52. The van der Waals surface area contributed by atoms with Gasteiger partial charge in [-0.25, -0.2) is 0 Å². The molecule has 0 N–H and O–H groups in total. The molecule has 26 heavy (non-hydrogen) atoms. The minimum absolute atomic E-state index is 0.0816. The maximum absolute atomic E-state index is 12.6. The van der Waals surface area contributed by atoms with Gasteiger partial charge in [0.05, 0.1) is 16.6 Å². The molecule has 2 aromatic rings. The lowest BCUT2D eigenvalue weighted by atomic mass is 10.2.